The van der Waals surface area contributed by atoms with Gasteiger partial charge >= 0.3 is 0 Å². The number of hydrogen-bond donors (Lipinski definition) is 0. The second kappa shape index (κ2) is 7.66. The lowest BCUT2D eigenvalue weighted by Gasteiger charge is -2.23. The van der Waals surface area contributed by atoms with Gasteiger partial charge in [0.2, 0.25) is 17.7 Å². The molecular formula is C19H30N2O3. The van der Waals surface area contributed by atoms with Crippen molar-refractivity contribution >= 4 is 17.7 Å². The molecule has 1 saturated carbocycles. The van der Waals surface area contributed by atoms with Gasteiger partial charge in [0.05, 0.1) is 11.8 Å². The van der Waals surface area contributed by atoms with Crippen molar-refractivity contribution in [3.63, 3.8) is 0 Å². The molecule has 0 aromatic heterocycles. The van der Waals surface area contributed by atoms with E-state index in [0.717, 1.165) is 51.6 Å². The van der Waals surface area contributed by atoms with Crippen LogP contribution in [0.5, 0.6) is 0 Å². The fraction of sp³-hybridized carbons (Fsp3) is 0.842. The molecule has 5 heteroatoms. The molecule has 2 heterocycles. The van der Waals surface area contributed by atoms with Crippen LogP contribution in [0.15, 0.2) is 0 Å². The Bertz CT molecular complexity index is 481. The molecule has 0 bridgehead atoms. The molecule has 1 aliphatic carbocycles. The van der Waals surface area contributed by atoms with E-state index in [2.05, 4.69) is 6.92 Å². The Hall–Kier alpha value is -1.39. The van der Waals surface area contributed by atoms with Crippen LogP contribution < -0.4 is 0 Å². The molecule has 0 N–H and O–H groups in total. The lowest BCUT2D eigenvalue weighted by molar-refractivity contribution is -0.146. The molecule has 3 fully saturated rings. The normalized spacial score (nSPS) is 31.1. The van der Waals surface area contributed by atoms with E-state index in [1.807, 2.05) is 4.90 Å². The van der Waals surface area contributed by atoms with Crippen LogP contribution in [0.3, 0.4) is 0 Å². The maximum absolute atomic E-state index is 12.6. The number of likely N-dealkylation sites (tertiary alicyclic amines) is 2. The Balaban J connectivity index is 1.58. The van der Waals surface area contributed by atoms with Crippen LogP contribution in [-0.2, 0) is 14.4 Å². The second-order valence-corrected chi connectivity index (χ2v) is 7.73. The zero-order chi connectivity index (χ0) is 17.1. The van der Waals surface area contributed by atoms with Crippen LogP contribution in [0, 0.1) is 17.8 Å². The summed E-state index contributed by atoms with van der Waals surface area (Å²) < 4.78 is 0. The smallest absolute Gasteiger partial charge is 0.242 e. The van der Waals surface area contributed by atoms with Crippen molar-refractivity contribution in [2.24, 2.45) is 17.8 Å². The van der Waals surface area contributed by atoms with Gasteiger partial charge in [0.15, 0.2) is 0 Å². The first kappa shape index (κ1) is 17.4. The Morgan fingerprint density at radius 3 is 2.25 bits per heavy atom. The highest BCUT2D eigenvalue weighted by Gasteiger charge is 2.48. The molecule has 134 valence electrons. The molecular weight excluding hydrogens is 304 g/mol. The van der Waals surface area contributed by atoms with Crippen molar-refractivity contribution in [3.05, 3.63) is 0 Å². The molecule has 0 aromatic rings. The predicted molar refractivity (Wildman–Crippen MR) is 91.0 cm³/mol. The van der Waals surface area contributed by atoms with E-state index in [-0.39, 0.29) is 36.1 Å². The summed E-state index contributed by atoms with van der Waals surface area (Å²) in [5, 5.41) is 0. The summed E-state index contributed by atoms with van der Waals surface area (Å²) in [4.78, 5) is 40.8. The summed E-state index contributed by atoms with van der Waals surface area (Å²) >= 11 is 0. The first-order chi connectivity index (χ1) is 11.6. The van der Waals surface area contributed by atoms with E-state index in [0.29, 0.717) is 5.92 Å². The van der Waals surface area contributed by atoms with Crippen molar-refractivity contribution in [2.75, 3.05) is 19.6 Å². The average molecular weight is 334 g/mol. The van der Waals surface area contributed by atoms with Crippen LogP contribution in [0.1, 0.15) is 64.7 Å². The van der Waals surface area contributed by atoms with Gasteiger partial charge in [-0.1, -0.05) is 32.6 Å². The summed E-state index contributed by atoms with van der Waals surface area (Å²) in [6, 6.07) is 0. The summed E-state index contributed by atoms with van der Waals surface area (Å²) in [6.45, 7) is 3.70. The van der Waals surface area contributed by atoms with E-state index in [9.17, 15) is 14.4 Å². The number of fused-ring (bicyclic) bond motifs is 1. The van der Waals surface area contributed by atoms with Gasteiger partial charge in [-0.25, -0.2) is 0 Å². The molecule has 2 saturated heterocycles. The van der Waals surface area contributed by atoms with Crippen LogP contribution >= 0.6 is 0 Å². The minimum Gasteiger partial charge on any atom is -0.341 e. The molecule has 5 nitrogen and oxygen atoms in total. The highest BCUT2D eigenvalue weighted by molar-refractivity contribution is 6.07. The van der Waals surface area contributed by atoms with Gasteiger partial charge in [-0.3, -0.25) is 19.3 Å². The first-order valence-corrected chi connectivity index (χ1v) is 9.74. The molecule has 24 heavy (non-hydrogen) atoms. The Labute approximate surface area is 144 Å². The van der Waals surface area contributed by atoms with Crippen molar-refractivity contribution in [3.8, 4) is 0 Å². The van der Waals surface area contributed by atoms with Gasteiger partial charge in [0.25, 0.3) is 0 Å². The lowest BCUT2D eigenvalue weighted by atomic mass is 9.81. The fourth-order valence-electron chi connectivity index (χ4n) is 4.73. The maximum Gasteiger partial charge on any atom is 0.242 e. The fourth-order valence-corrected chi connectivity index (χ4v) is 4.73. The molecule has 0 unspecified atom stereocenters. The third kappa shape index (κ3) is 3.50. The summed E-state index contributed by atoms with van der Waals surface area (Å²) in [7, 11) is 0. The van der Waals surface area contributed by atoms with Gasteiger partial charge in [-0.05, 0) is 38.0 Å². The van der Waals surface area contributed by atoms with E-state index in [1.54, 1.807) is 0 Å². The second-order valence-electron chi connectivity index (χ2n) is 7.73. The van der Waals surface area contributed by atoms with E-state index >= 15 is 0 Å². The molecule has 3 atom stereocenters. The third-order valence-electron chi connectivity index (χ3n) is 6.12. The van der Waals surface area contributed by atoms with E-state index < -0.39 is 0 Å². The topological polar surface area (TPSA) is 57.7 Å². The molecule has 3 aliphatic rings. The molecule has 3 amide bonds. The Kier molecular flexibility index (Phi) is 5.57. The van der Waals surface area contributed by atoms with Crippen LogP contribution in [-0.4, -0.2) is 47.2 Å². The van der Waals surface area contributed by atoms with Gasteiger partial charge in [-0.15, -0.1) is 0 Å². The maximum atomic E-state index is 12.6. The van der Waals surface area contributed by atoms with E-state index in [1.165, 1.54) is 24.2 Å². The van der Waals surface area contributed by atoms with Crippen LogP contribution in [0.2, 0.25) is 0 Å². The Morgan fingerprint density at radius 1 is 0.958 bits per heavy atom. The molecule has 3 rings (SSSR count). The number of carbonyl (C=O) groups excluding carboxylic acids is 3. The quantitative estimate of drug-likeness (QED) is 0.743. The number of imide groups is 1. The first-order valence-electron chi connectivity index (χ1n) is 9.74. The predicted octanol–water partition coefficient (Wildman–Crippen LogP) is 2.59. The molecule has 0 aromatic carbocycles. The Morgan fingerprint density at radius 2 is 1.62 bits per heavy atom. The van der Waals surface area contributed by atoms with Crippen molar-refractivity contribution < 1.29 is 14.4 Å². The SMILES string of the molecule is CCC[C@@H]1CCCN(C(=O)CN2C(=O)[C@H]3CCCC[C@H]3C2=O)CC1. The van der Waals surface area contributed by atoms with Crippen LogP contribution in [0.4, 0.5) is 0 Å². The summed E-state index contributed by atoms with van der Waals surface area (Å²) in [5.41, 5.74) is 0. The average Bonchev–Trinajstić information content (AvgIpc) is 2.76. The van der Waals surface area contributed by atoms with Crippen molar-refractivity contribution in [1.29, 1.82) is 0 Å². The molecule has 0 radical (unpaired) electrons. The number of amides is 3. The van der Waals surface area contributed by atoms with Crippen molar-refractivity contribution in [1.82, 2.24) is 9.80 Å². The zero-order valence-electron chi connectivity index (χ0n) is 14.8. The number of nitrogens with zero attached hydrogens (tertiary/aromatic N) is 2. The standard InChI is InChI=1S/C19H30N2O3/c1-2-6-14-7-5-11-20(12-10-14)17(22)13-21-18(23)15-8-3-4-9-16(15)19(21)24/h14-16H,2-13H2,1H3/t14-,15-,16+/m1/s1. The molecule has 2 aliphatic heterocycles. The summed E-state index contributed by atoms with van der Waals surface area (Å²) in [5.74, 6) is 0.154. The molecule has 0 spiro atoms. The minimum absolute atomic E-state index is 0.0386. The summed E-state index contributed by atoms with van der Waals surface area (Å²) in [6.07, 6.45) is 9.34. The number of hydrogen-bond acceptors (Lipinski definition) is 3. The van der Waals surface area contributed by atoms with Gasteiger partial charge in [-0.2, -0.15) is 0 Å². The highest BCUT2D eigenvalue weighted by atomic mass is 16.2. The van der Waals surface area contributed by atoms with Gasteiger partial charge < -0.3 is 4.90 Å². The van der Waals surface area contributed by atoms with Crippen molar-refractivity contribution in [2.45, 2.75) is 64.7 Å². The van der Waals surface area contributed by atoms with Gasteiger partial charge in [0.1, 0.15) is 6.54 Å². The van der Waals surface area contributed by atoms with Gasteiger partial charge in [0, 0.05) is 13.1 Å². The highest BCUT2D eigenvalue weighted by Crippen LogP contribution is 2.38. The van der Waals surface area contributed by atoms with Crippen LogP contribution in [0.25, 0.3) is 0 Å². The number of carbonyl (C=O) groups is 3. The largest absolute Gasteiger partial charge is 0.341 e. The third-order valence-corrected chi connectivity index (χ3v) is 6.12. The minimum atomic E-state index is -0.155. The zero-order valence-corrected chi connectivity index (χ0v) is 14.8. The number of rotatable bonds is 4. The lowest BCUT2D eigenvalue weighted by Crippen LogP contribution is -2.43. The monoisotopic (exact) mass is 334 g/mol. The van der Waals surface area contributed by atoms with E-state index in [4.69, 9.17) is 0 Å².